The van der Waals surface area contributed by atoms with Gasteiger partial charge in [0, 0.05) is 19.6 Å². The molecule has 1 amide bonds. The van der Waals surface area contributed by atoms with E-state index >= 15 is 0 Å². The molecule has 1 aromatic rings. The Hall–Kier alpha value is -1.39. The summed E-state index contributed by atoms with van der Waals surface area (Å²) in [5.41, 5.74) is 6.40. The Morgan fingerprint density at radius 1 is 1.47 bits per heavy atom. The second kappa shape index (κ2) is 5.29. The van der Waals surface area contributed by atoms with E-state index in [0.29, 0.717) is 13.1 Å². The number of carbonyl (C=O) groups is 1. The molecule has 0 radical (unpaired) electrons. The zero-order valence-corrected chi connectivity index (χ0v) is 9.75. The molecule has 1 fully saturated rings. The lowest BCUT2D eigenvalue weighted by Crippen LogP contribution is -2.34. The molecule has 4 nitrogen and oxygen atoms in total. The van der Waals surface area contributed by atoms with E-state index in [4.69, 9.17) is 5.73 Å². The molecule has 3 N–H and O–H groups in total. The molecule has 4 heteroatoms. The van der Waals surface area contributed by atoms with Crippen molar-refractivity contribution in [3.8, 4) is 0 Å². The first-order chi connectivity index (χ1) is 8.16. The van der Waals surface area contributed by atoms with Gasteiger partial charge in [0.2, 0.25) is 5.91 Å². The highest BCUT2D eigenvalue weighted by Gasteiger charge is 2.26. The van der Waals surface area contributed by atoms with Gasteiger partial charge in [-0.2, -0.15) is 0 Å². The fraction of sp³-hybridized carbons (Fsp3) is 0.462. The molecule has 2 rings (SSSR count). The summed E-state index contributed by atoms with van der Waals surface area (Å²) in [6.45, 7) is 2.06. The Balaban J connectivity index is 2.06. The van der Waals surface area contributed by atoms with Gasteiger partial charge >= 0.3 is 0 Å². The summed E-state index contributed by atoms with van der Waals surface area (Å²) in [6, 6.07) is 9.57. The molecule has 0 saturated carbocycles. The van der Waals surface area contributed by atoms with Crippen LogP contribution in [0.2, 0.25) is 0 Å². The molecule has 1 heterocycles. The third-order valence-corrected chi connectivity index (χ3v) is 3.23. The number of aliphatic hydroxyl groups excluding tert-OH is 1. The van der Waals surface area contributed by atoms with Crippen LogP contribution in [0, 0.1) is 0 Å². The predicted octanol–water partition coefficient (Wildman–Crippen LogP) is 0.322. The lowest BCUT2D eigenvalue weighted by Gasteiger charge is -2.21. The zero-order chi connectivity index (χ0) is 12.3. The first kappa shape index (κ1) is 12.1. The summed E-state index contributed by atoms with van der Waals surface area (Å²) in [7, 11) is 0. The van der Waals surface area contributed by atoms with E-state index in [1.807, 2.05) is 30.3 Å². The number of carbonyl (C=O) groups excluding carboxylic acids is 1. The van der Waals surface area contributed by atoms with Crippen LogP contribution in [0.5, 0.6) is 0 Å². The number of benzene rings is 1. The summed E-state index contributed by atoms with van der Waals surface area (Å²) in [5, 5.41) is 9.46. The lowest BCUT2D eigenvalue weighted by atomic mass is 9.98. The molecule has 2 atom stereocenters. The molecule has 92 valence electrons. The minimum atomic E-state index is -0.308. The number of rotatable bonds is 4. The van der Waals surface area contributed by atoms with Crippen LogP contribution < -0.4 is 5.73 Å². The van der Waals surface area contributed by atoms with Crippen LogP contribution in [0.3, 0.4) is 0 Å². The average molecular weight is 234 g/mol. The topological polar surface area (TPSA) is 66.6 Å². The Bertz CT molecular complexity index is 380. The molecule has 1 aliphatic rings. The van der Waals surface area contributed by atoms with E-state index < -0.39 is 0 Å². The maximum atomic E-state index is 11.5. The zero-order valence-electron chi connectivity index (χ0n) is 9.75. The Morgan fingerprint density at radius 2 is 2.18 bits per heavy atom. The van der Waals surface area contributed by atoms with Crippen LogP contribution in [0.4, 0.5) is 0 Å². The molecule has 17 heavy (non-hydrogen) atoms. The number of hydrogen-bond acceptors (Lipinski definition) is 3. The molecule has 1 aliphatic heterocycles. The minimum absolute atomic E-state index is 0.265. The van der Waals surface area contributed by atoms with E-state index in [-0.39, 0.29) is 17.9 Å². The maximum Gasteiger partial charge on any atom is 0.226 e. The van der Waals surface area contributed by atoms with Gasteiger partial charge in [0.05, 0.1) is 12.0 Å². The fourth-order valence-electron chi connectivity index (χ4n) is 2.28. The summed E-state index contributed by atoms with van der Waals surface area (Å²) >= 11 is 0. The lowest BCUT2D eigenvalue weighted by molar-refractivity contribution is -0.119. The smallest absolute Gasteiger partial charge is 0.226 e. The van der Waals surface area contributed by atoms with Crippen molar-refractivity contribution in [2.45, 2.75) is 18.4 Å². The van der Waals surface area contributed by atoms with Crippen molar-refractivity contribution in [1.82, 2.24) is 4.90 Å². The van der Waals surface area contributed by atoms with Gasteiger partial charge in [-0.05, 0) is 12.0 Å². The van der Waals surface area contributed by atoms with Crippen LogP contribution in [0.15, 0.2) is 30.3 Å². The van der Waals surface area contributed by atoms with Gasteiger partial charge < -0.3 is 10.8 Å². The number of nitrogens with two attached hydrogens (primary N) is 1. The van der Waals surface area contributed by atoms with E-state index in [1.165, 1.54) is 0 Å². The molecular formula is C13H18N2O2. The summed E-state index contributed by atoms with van der Waals surface area (Å²) < 4.78 is 0. The molecule has 0 bridgehead atoms. The number of hydrogen-bond donors (Lipinski definition) is 2. The highest BCUT2D eigenvalue weighted by Crippen LogP contribution is 2.19. The predicted molar refractivity (Wildman–Crippen MR) is 65.4 cm³/mol. The summed E-state index contributed by atoms with van der Waals surface area (Å²) in [5.74, 6) is -0.598. The highest BCUT2D eigenvalue weighted by atomic mass is 16.3. The minimum Gasteiger partial charge on any atom is -0.392 e. The molecule has 0 unspecified atom stereocenters. The Kier molecular flexibility index (Phi) is 3.76. The normalized spacial score (nSPS) is 22.5. The second-order valence-corrected chi connectivity index (χ2v) is 4.57. The quantitative estimate of drug-likeness (QED) is 0.788. The van der Waals surface area contributed by atoms with Crippen molar-refractivity contribution in [3.05, 3.63) is 35.9 Å². The van der Waals surface area contributed by atoms with Crippen molar-refractivity contribution in [3.63, 3.8) is 0 Å². The van der Waals surface area contributed by atoms with E-state index in [1.54, 1.807) is 0 Å². The van der Waals surface area contributed by atoms with Gasteiger partial charge in [-0.25, -0.2) is 0 Å². The highest BCUT2D eigenvalue weighted by molar-refractivity contribution is 5.82. The van der Waals surface area contributed by atoms with Gasteiger partial charge in [0.25, 0.3) is 0 Å². The standard InChI is InChI=1S/C13H18N2O2/c14-13(17)12(10-4-2-1-3-5-10)9-15-7-6-11(16)8-15/h1-5,11-12,16H,6-9H2,(H2,14,17)/t11-,12+/m0/s1. The van der Waals surface area contributed by atoms with Crippen LogP contribution in [-0.4, -0.2) is 41.7 Å². The number of likely N-dealkylation sites (tertiary alicyclic amines) is 1. The number of nitrogens with zero attached hydrogens (tertiary/aromatic N) is 1. The number of aliphatic hydroxyl groups is 1. The van der Waals surface area contributed by atoms with E-state index in [9.17, 15) is 9.90 Å². The van der Waals surface area contributed by atoms with Crippen molar-refractivity contribution in [2.24, 2.45) is 5.73 Å². The van der Waals surface area contributed by atoms with Crippen molar-refractivity contribution < 1.29 is 9.90 Å². The Labute approximate surface area is 101 Å². The first-order valence-corrected chi connectivity index (χ1v) is 5.91. The van der Waals surface area contributed by atoms with Crippen molar-refractivity contribution >= 4 is 5.91 Å². The van der Waals surface area contributed by atoms with Gasteiger partial charge in [0.1, 0.15) is 0 Å². The van der Waals surface area contributed by atoms with E-state index in [2.05, 4.69) is 4.90 Å². The molecule has 0 aliphatic carbocycles. The monoisotopic (exact) mass is 234 g/mol. The van der Waals surface area contributed by atoms with Crippen LogP contribution >= 0.6 is 0 Å². The number of β-amino-alcohol motifs (C(OH)–C–C–N with tert-alkyl or cyclic N) is 1. The largest absolute Gasteiger partial charge is 0.392 e. The molecular weight excluding hydrogens is 216 g/mol. The SMILES string of the molecule is NC(=O)[C@H](CN1CC[C@H](O)C1)c1ccccc1. The Morgan fingerprint density at radius 3 is 2.71 bits per heavy atom. The van der Waals surface area contributed by atoms with Crippen LogP contribution in [0.1, 0.15) is 17.9 Å². The van der Waals surface area contributed by atoms with Crippen molar-refractivity contribution in [1.29, 1.82) is 0 Å². The van der Waals surface area contributed by atoms with Crippen LogP contribution in [-0.2, 0) is 4.79 Å². The molecule has 1 aromatic carbocycles. The second-order valence-electron chi connectivity index (χ2n) is 4.57. The first-order valence-electron chi connectivity index (χ1n) is 5.91. The third kappa shape index (κ3) is 3.05. The van der Waals surface area contributed by atoms with Gasteiger partial charge in [0.15, 0.2) is 0 Å². The van der Waals surface area contributed by atoms with Crippen LogP contribution in [0.25, 0.3) is 0 Å². The van der Waals surface area contributed by atoms with Crippen molar-refractivity contribution in [2.75, 3.05) is 19.6 Å². The number of primary amides is 1. The number of amides is 1. The molecule has 0 spiro atoms. The summed E-state index contributed by atoms with van der Waals surface area (Å²) in [4.78, 5) is 13.6. The third-order valence-electron chi connectivity index (χ3n) is 3.23. The molecule has 1 saturated heterocycles. The maximum absolute atomic E-state index is 11.5. The van der Waals surface area contributed by atoms with E-state index in [0.717, 1.165) is 18.5 Å². The van der Waals surface area contributed by atoms with Gasteiger partial charge in [-0.1, -0.05) is 30.3 Å². The fourth-order valence-corrected chi connectivity index (χ4v) is 2.28. The van der Waals surface area contributed by atoms with Gasteiger partial charge in [-0.3, -0.25) is 9.69 Å². The molecule has 0 aromatic heterocycles. The summed E-state index contributed by atoms with van der Waals surface area (Å²) in [6.07, 6.45) is 0.514. The average Bonchev–Trinajstić information content (AvgIpc) is 2.73. The van der Waals surface area contributed by atoms with Gasteiger partial charge in [-0.15, -0.1) is 0 Å².